The number of rotatable bonds is 8. The fourth-order valence-corrected chi connectivity index (χ4v) is 4.59. The van der Waals surface area contributed by atoms with E-state index >= 15 is 0 Å². The van der Waals surface area contributed by atoms with Crippen LogP contribution in [0.4, 0.5) is 0 Å². The Balaban J connectivity index is 2.31. The van der Waals surface area contributed by atoms with E-state index in [0.29, 0.717) is 0 Å². The molecule has 3 N–H and O–H groups in total. The van der Waals surface area contributed by atoms with Gasteiger partial charge in [-0.3, -0.25) is 4.79 Å². The summed E-state index contributed by atoms with van der Waals surface area (Å²) in [7, 11) is -2.52. The lowest BCUT2D eigenvalue weighted by Crippen LogP contribution is -2.44. The minimum Gasteiger partial charge on any atom is -0.495 e. The first-order valence-corrected chi connectivity index (χ1v) is 10.4. The number of hydrogen-bond acceptors (Lipinski definition) is 5. The molecule has 1 amide bonds. The van der Waals surface area contributed by atoms with Crippen LogP contribution in [0.15, 0.2) is 23.1 Å². The second-order valence-electron chi connectivity index (χ2n) is 7.00. The number of carbonyl (C=O) groups excluding carboxylic acids is 1. The summed E-state index contributed by atoms with van der Waals surface area (Å²) in [5.41, 5.74) is 0.0505. The van der Waals surface area contributed by atoms with E-state index in [0.717, 1.165) is 25.7 Å². The molecule has 2 rings (SSSR count). The lowest BCUT2D eigenvalue weighted by molar-refractivity contribution is -0.140. The van der Waals surface area contributed by atoms with Crippen molar-refractivity contribution in [1.82, 2.24) is 10.0 Å². The normalized spacial score (nSPS) is 16.3. The molecule has 8 nitrogen and oxygen atoms in total. The van der Waals surface area contributed by atoms with Crippen LogP contribution in [0.2, 0.25) is 0 Å². The third kappa shape index (κ3) is 5.20. The molecule has 1 aromatic carbocycles. The number of carboxylic acid groups (broad SMARTS) is 1. The largest absolute Gasteiger partial charge is 0.495 e. The van der Waals surface area contributed by atoms with Crippen molar-refractivity contribution in [2.45, 2.75) is 56.5 Å². The average Bonchev–Trinajstić information content (AvgIpc) is 3.10. The maximum Gasteiger partial charge on any atom is 0.326 e. The van der Waals surface area contributed by atoms with Gasteiger partial charge in [-0.25, -0.2) is 17.9 Å². The monoisotopic (exact) mass is 398 g/mol. The van der Waals surface area contributed by atoms with Crippen molar-refractivity contribution in [2.24, 2.45) is 5.92 Å². The molecule has 27 heavy (non-hydrogen) atoms. The van der Waals surface area contributed by atoms with Crippen LogP contribution in [-0.4, -0.2) is 44.6 Å². The number of hydrogen-bond donors (Lipinski definition) is 3. The minimum absolute atomic E-state index is 0.0505. The second kappa shape index (κ2) is 8.71. The molecule has 1 aliphatic carbocycles. The van der Waals surface area contributed by atoms with E-state index in [2.05, 4.69) is 10.0 Å². The number of carbonyl (C=O) groups is 2. The molecule has 9 heteroatoms. The SMILES string of the molecule is COc1ccc(C(=O)N[C@H](C(=O)O)C(C)C)cc1S(=O)(=O)NC1CCCC1. The Kier molecular flexibility index (Phi) is 6.83. The molecule has 1 fully saturated rings. The maximum atomic E-state index is 12.8. The number of sulfonamides is 1. The van der Waals surface area contributed by atoms with Gasteiger partial charge in [0.05, 0.1) is 7.11 Å². The molecule has 0 aromatic heterocycles. The number of benzene rings is 1. The van der Waals surface area contributed by atoms with Crippen molar-refractivity contribution in [3.63, 3.8) is 0 Å². The Morgan fingerprint density at radius 1 is 1.22 bits per heavy atom. The van der Waals surface area contributed by atoms with Gasteiger partial charge in [0.25, 0.3) is 5.91 Å². The highest BCUT2D eigenvalue weighted by Gasteiger charge is 2.28. The first-order chi connectivity index (χ1) is 12.7. The van der Waals surface area contributed by atoms with Crippen LogP contribution >= 0.6 is 0 Å². The predicted octanol–water partition coefficient (Wildman–Crippen LogP) is 1.76. The summed E-state index contributed by atoms with van der Waals surface area (Å²) in [4.78, 5) is 23.6. The van der Waals surface area contributed by atoms with E-state index < -0.39 is 27.9 Å². The second-order valence-corrected chi connectivity index (χ2v) is 8.68. The van der Waals surface area contributed by atoms with Gasteiger partial charge in [-0.05, 0) is 37.0 Å². The van der Waals surface area contributed by atoms with E-state index in [1.165, 1.54) is 25.3 Å². The molecule has 0 bridgehead atoms. The Bertz CT molecular complexity index is 800. The zero-order valence-electron chi connectivity index (χ0n) is 15.7. The summed E-state index contributed by atoms with van der Waals surface area (Å²) in [5.74, 6) is -2.01. The van der Waals surface area contributed by atoms with Crippen molar-refractivity contribution in [2.75, 3.05) is 7.11 Å². The molecule has 1 aliphatic rings. The highest BCUT2D eigenvalue weighted by molar-refractivity contribution is 7.89. The summed E-state index contributed by atoms with van der Waals surface area (Å²) in [6, 6.07) is 2.81. The van der Waals surface area contributed by atoms with Crippen molar-refractivity contribution in [1.29, 1.82) is 0 Å². The van der Waals surface area contributed by atoms with Gasteiger partial charge in [-0.1, -0.05) is 26.7 Å². The van der Waals surface area contributed by atoms with Crippen molar-refractivity contribution in [3.8, 4) is 5.75 Å². The van der Waals surface area contributed by atoms with Crippen LogP contribution in [0.1, 0.15) is 49.9 Å². The molecular formula is C18H26N2O6S. The van der Waals surface area contributed by atoms with Gasteiger partial charge in [-0.15, -0.1) is 0 Å². The van der Waals surface area contributed by atoms with Gasteiger partial charge < -0.3 is 15.2 Å². The smallest absolute Gasteiger partial charge is 0.326 e. The van der Waals surface area contributed by atoms with Gasteiger partial charge in [0.15, 0.2) is 0 Å². The summed E-state index contributed by atoms with van der Waals surface area (Å²) in [6.45, 7) is 3.35. The van der Waals surface area contributed by atoms with Gasteiger partial charge >= 0.3 is 5.97 Å². The van der Waals surface area contributed by atoms with E-state index in [9.17, 15) is 23.1 Å². The van der Waals surface area contributed by atoms with Gasteiger partial charge in [0.2, 0.25) is 10.0 Å². The molecule has 1 saturated carbocycles. The number of aliphatic carboxylic acids is 1. The number of methoxy groups -OCH3 is 1. The lowest BCUT2D eigenvalue weighted by atomic mass is 10.0. The zero-order chi connectivity index (χ0) is 20.2. The van der Waals surface area contributed by atoms with Crippen LogP contribution in [0.3, 0.4) is 0 Å². The van der Waals surface area contributed by atoms with Crippen molar-refractivity contribution >= 4 is 21.9 Å². The summed E-state index contributed by atoms with van der Waals surface area (Å²) in [5, 5.41) is 11.7. The van der Waals surface area contributed by atoms with Crippen LogP contribution < -0.4 is 14.8 Å². The van der Waals surface area contributed by atoms with E-state index in [1.54, 1.807) is 13.8 Å². The standard InChI is InChI=1S/C18H26N2O6S/c1-11(2)16(18(22)23)19-17(21)12-8-9-14(26-3)15(10-12)27(24,25)20-13-6-4-5-7-13/h8-11,13,16,20H,4-7H2,1-3H3,(H,19,21)(H,22,23)/t16-/m0/s1. The molecule has 0 heterocycles. The van der Waals surface area contributed by atoms with E-state index in [4.69, 9.17) is 4.74 Å². The number of carboxylic acids is 1. The van der Waals surface area contributed by atoms with E-state index in [1.807, 2.05) is 0 Å². The van der Waals surface area contributed by atoms with Gasteiger partial charge in [0, 0.05) is 11.6 Å². The zero-order valence-corrected chi connectivity index (χ0v) is 16.5. The average molecular weight is 398 g/mol. The molecule has 0 radical (unpaired) electrons. The Morgan fingerprint density at radius 3 is 2.37 bits per heavy atom. The topological polar surface area (TPSA) is 122 Å². The fraction of sp³-hybridized carbons (Fsp3) is 0.556. The molecule has 0 aliphatic heterocycles. The molecule has 1 atom stereocenters. The number of nitrogens with one attached hydrogen (secondary N) is 2. The van der Waals surface area contributed by atoms with Gasteiger partial charge in [0.1, 0.15) is 16.7 Å². The van der Waals surface area contributed by atoms with Crippen LogP contribution in [0, 0.1) is 5.92 Å². The van der Waals surface area contributed by atoms with Crippen molar-refractivity contribution in [3.05, 3.63) is 23.8 Å². The fourth-order valence-electron chi connectivity index (χ4n) is 3.09. The van der Waals surface area contributed by atoms with Crippen LogP contribution in [-0.2, 0) is 14.8 Å². The van der Waals surface area contributed by atoms with E-state index in [-0.39, 0.29) is 28.2 Å². The summed E-state index contributed by atoms with van der Waals surface area (Å²) >= 11 is 0. The lowest BCUT2D eigenvalue weighted by Gasteiger charge is -2.19. The predicted molar refractivity (Wildman–Crippen MR) is 99.3 cm³/mol. The number of amides is 1. The summed E-state index contributed by atoms with van der Waals surface area (Å²) in [6.07, 6.45) is 3.49. The first kappa shape index (κ1) is 21.2. The molecule has 1 aromatic rings. The highest BCUT2D eigenvalue weighted by Crippen LogP contribution is 2.27. The highest BCUT2D eigenvalue weighted by atomic mass is 32.2. The van der Waals surface area contributed by atoms with Gasteiger partial charge in [-0.2, -0.15) is 0 Å². The third-order valence-corrected chi connectivity index (χ3v) is 6.15. The molecule has 0 spiro atoms. The van der Waals surface area contributed by atoms with Crippen LogP contribution in [0.25, 0.3) is 0 Å². The molecule has 0 saturated heterocycles. The molecular weight excluding hydrogens is 372 g/mol. The third-order valence-electron chi connectivity index (χ3n) is 4.61. The number of ether oxygens (including phenoxy) is 1. The molecule has 150 valence electrons. The quantitative estimate of drug-likeness (QED) is 0.613. The maximum absolute atomic E-state index is 12.8. The Hall–Kier alpha value is -2.13. The first-order valence-electron chi connectivity index (χ1n) is 8.89. The minimum atomic E-state index is -3.87. The summed E-state index contributed by atoms with van der Waals surface area (Å²) < 4.78 is 33.3. The Morgan fingerprint density at radius 2 is 1.85 bits per heavy atom. The van der Waals surface area contributed by atoms with Crippen molar-refractivity contribution < 1.29 is 27.9 Å². The van der Waals surface area contributed by atoms with Crippen LogP contribution in [0.5, 0.6) is 5.75 Å². The molecule has 0 unspecified atom stereocenters. The Labute approximate surface area is 159 Å².